The SMILES string of the molecule is COC(=O)[C@H](CCCCCCCc1ccc2c(n1)CCCC2)NC(=O)N1[C@H](C)CN(C)C[C@@H]1C. The van der Waals surface area contributed by atoms with Gasteiger partial charge in [0.05, 0.1) is 7.11 Å². The molecule has 3 rings (SSSR count). The lowest BCUT2D eigenvalue weighted by Gasteiger charge is -2.43. The molecule has 1 N–H and O–H groups in total. The number of pyridine rings is 1. The van der Waals surface area contributed by atoms with Crippen LogP contribution in [0.4, 0.5) is 4.79 Å². The van der Waals surface area contributed by atoms with Gasteiger partial charge in [0.15, 0.2) is 0 Å². The molecule has 7 heteroatoms. The molecule has 2 heterocycles. The Hall–Kier alpha value is -2.15. The maximum atomic E-state index is 12.9. The van der Waals surface area contributed by atoms with Crippen molar-refractivity contribution in [1.82, 2.24) is 20.1 Å². The highest BCUT2D eigenvalue weighted by atomic mass is 16.5. The first-order valence-electron chi connectivity index (χ1n) is 13.2. The number of likely N-dealkylation sites (N-methyl/N-ethyl adjacent to an activating group) is 1. The van der Waals surface area contributed by atoms with Gasteiger partial charge in [0.2, 0.25) is 0 Å². The summed E-state index contributed by atoms with van der Waals surface area (Å²) in [5, 5.41) is 2.95. The Morgan fingerprint density at radius 1 is 1.06 bits per heavy atom. The summed E-state index contributed by atoms with van der Waals surface area (Å²) >= 11 is 0. The first-order chi connectivity index (χ1) is 16.4. The van der Waals surface area contributed by atoms with Gasteiger partial charge in [-0.1, -0.05) is 31.7 Å². The van der Waals surface area contributed by atoms with Gasteiger partial charge in [0.25, 0.3) is 0 Å². The first kappa shape index (κ1) is 26.5. The number of nitrogens with zero attached hydrogens (tertiary/aromatic N) is 3. The Kier molecular flexibility index (Phi) is 10.2. The first-order valence-corrected chi connectivity index (χ1v) is 13.2. The summed E-state index contributed by atoms with van der Waals surface area (Å²) in [5.74, 6) is -0.360. The van der Waals surface area contributed by atoms with Crippen LogP contribution in [0.1, 0.15) is 82.2 Å². The van der Waals surface area contributed by atoms with E-state index < -0.39 is 6.04 Å². The van der Waals surface area contributed by atoms with Gasteiger partial charge in [-0.2, -0.15) is 0 Å². The molecule has 1 aliphatic heterocycles. The molecule has 0 bridgehead atoms. The quantitative estimate of drug-likeness (QED) is 0.410. The largest absolute Gasteiger partial charge is 0.467 e. The van der Waals surface area contributed by atoms with Crippen molar-refractivity contribution >= 4 is 12.0 Å². The molecule has 0 aromatic carbocycles. The second kappa shape index (κ2) is 13.1. The van der Waals surface area contributed by atoms with Gasteiger partial charge in [-0.15, -0.1) is 0 Å². The summed E-state index contributed by atoms with van der Waals surface area (Å²) in [5.41, 5.74) is 3.99. The summed E-state index contributed by atoms with van der Waals surface area (Å²) in [4.78, 5) is 34.2. The molecule has 0 unspecified atom stereocenters. The number of unbranched alkanes of at least 4 members (excludes halogenated alkanes) is 4. The average Bonchev–Trinajstić information content (AvgIpc) is 2.81. The minimum absolute atomic E-state index is 0.108. The second-order valence-electron chi connectivity index (χ2n) is 10.3. The van der Waals surface area contributed by atoms with E-state index in [0.717, 1.165) is 58.0 Å². The predicted molar refractivity (Wildman–Crippen MR) is 135 cm³/mol. The molecule has 3 atom stereocenters. The molecular weight excluding hydrogens is 428 g/mol. The van der Waals surface area contributed by atoms with Crippen LogP contribution in [0.2, 0.25) is 0 Å². The molecule has 1 aromatic heterocycles. The van der Waals surface area contributed by atoms with Crippen LogP contribution < -0.4 is 5.32 Å². The van der Waals surface area contributed by atoms with Crippen molar-refractivity contribution in [3.8, 4) is 0 Å². The van der Waals surface area contributed by atoms with Crippen molar-refractivity contribution in [3.05, 3.63) is 29.1 Å². The number of carbonyl (C=O) groups is 2. The fourth-order valence-electron chi connectivity index (χ4n) is 5.55. The van der Waals surface area contributed by atoms with Crippen LogP contribution >= 0.6 is 0 Å². The van der Waals surface area contributed by atoms with E-state index >= 15 is 0 Å². The number of carbonyl (C=O) groups excluding carboxylic acids is 2. The molecule has 1 aliphatic carbocycles. The van der Waals surface area contributed by atoms with Crippen molar-refractivity contribution in [2.45, 2.75) is 103 Å². The molecule has 1 aromatic rings. The molecule has 0 saturated carbocycles. The molecule has 1 fully saturated rings. The van der Waals surface area contributed by atoms with Gasteiger partial charge in [0.1, 0.15) is 6.04 Å². The second-order valence-corrected chi connectivity index (χ2v) is 10.3. The molecule has 34 heavy (non-hydrogen) atoms. The molecule has 1 saturated heterocycles. The molecule has 2 amide bonds. The van der Waals surface area contributed by atoms with Crippen LogP contribution in [-0.2, 0) is 28.8 Å². The Balaban J connectivity index is 1.36. The number of nitrogens with one attached hydrogen (secondary N) is 1. The maximum absolute atomic E-state index is 12.9. The fraction of sp³-hybridized carbons (Fsp3) is 0.741. The van der Waals surface area contributed by atoms with Crippen LogP contribution in [-0.4, -0.2) is 72.2 Å². The highest BCUT2D eigenvalue weighted by Crippen LogP contribution is 2.20. The number of hydrogen-bond donors (Lipinski definition) is 1. The zero-order valence-corrected chi connectivity index (χ0v) is 21.6. The third kappa shape index (κ3) is 7.42. The zero-order valence-electron chi connectivity index (χ0n) is 21.6. The van der Waals surface area contributed by atoms with Crippen LogP contribution in [0.3, 0.4) is 0 Å². The van der Waals surface area contributed by atoms with E-state index in [2.05, 4.69) is 43.2 Å². The lowest BCUT2D eigenvalue weighted by Crippen LogP contribution is -2.61. The van der Waals surface area contributed by atoms with E-state index in [0.29, 0.717) is 6.42 Å². The lowest BCUT2D eigenvalue weighted by atomic mass is 9.95. The van der Waals surface area contributed by atoms with Crippen molar-refractivity contribution in [2.75, 3.05) is 27.2 Å². The van der Waals surface area contributed by atoms with E-state index in [1.807, 2.05) is 4.90 Å². The van der Waals surface area contributed by atoms with Crippen LogP contribution in [0.15, 0.2) is 12.1 Å². The highest BCUT2D eigenvalue weighted by Gasteiger charge is 2.33. The predicted octanol–water partition coefficient (Wildman–Crippen LogP) is 4.12. The average molecular weight is 473 g/mol. The Morgan fingerprint density at radius 2 is 1.74 bits per heavy atom. The Morgan fingerprint density at radius 3 is 2.47 bits per heavy atom. The number of piperazine rings is 1. The molecular formula is C27H44N4O3. The van der Waals surface area contributed by atoms with Crippen molar-refractivity contribution in [1.29, 1.82) is 0 Å². The molecule has 0 radical (unpaired) electrons. The molecule has 0 spiro atoms. The number of aryl methyl sites for hydroxylation is 3. The van der Waals surface area contributed by atoms with E-state index in [1.54, 1.807) is 0 Å². The monoisotopic (exact) mass is 472 g/mol. The standard InChI is InChI=1S/C27H44N4O3/c1-20-18-30(3)19-21(2)31(20)27(33)29-25(26(32)34-4)15-9-7-5-6-8-13-23-17-16-22-12-10-11-14-24(22)28-23/h16-17,20-21,25H,5-15,18-19H2,1-4H3,(H,29,33)/t20-,21+,25-/m0/s1. The number of urea groups is 1. The van der Waals surface area contributed by atoms with Crippen molar-refractivity contribution in [2.24, 2.45) is 0 Å². The number of aromatic nitrogens is 1. The van der Waals surface area contributed by atoms with Gasteiger partial charge in [-0.3, -0.25) is 4.98 Å². The third-order valence-electron chi connectivity index (χ3n) is 7.28. The van der Waals surface area contributed by atoms with E-state index in [4.69, 9.17) is 9.72 Å². The van der Waals surface area contributed by atoms with E-state index in [9.17, 15) is 9.59 Å². The number of amides is 2. The van der Waals surface area contributed by atoms with Gasteiger partial charge in [0, 0.05) is 36.6 Å². The number of ether oxygens (including phenoxy) is 1. The highest BCUT2D eigenvalue weighted by molar-refractivity contribution is 5.83. The summed E-state index contributed by atoms with van der Waals surface area (Å²) in [6, 6.07) is 3.95. The van der Waals surface area contributed by atoms with Gasteiger partial charge >= 0.3 is 12.0 Å². The summed E-state index contributed by atoms with van der Waals surface area (Å²) in [6.45, 7) is 5.78. The fourth-order valence-corrected chi connectivity index (χ4v) is 5.55. The summed E-state index contributed by atoms with van der Waals surface area (Å²) in [7, 11) is 3.46. The minimum Gasteiger partial charge on any atom is -0.467 e. The van der Waals surface area contributed by atoms with Crippen molar-refractivity contribution in [3.63, 3.8) is 0 Å². The van der Waals surface area contributed by atoms with Crippen LogP contribution in [0.25, 0.3) is 0 Å². The summed E-state index contributed by atoms with van der Waals surface area (Å²) < 4.78 is 4.97. The van der Waals surface area contributed by atoms with E-state index in [-0.39, 0.29) is 24.1 Å². The Labute approximate surface area is 205 Å². The third-order valence-corrected chi connectivity index (χ3v) is 7.28. The minimum atomic E-state index is -0.587. The lowest BCUT2D eigenvalue weighted by molar-refractivity contribution is -0.143. The normalized spacial score (nSPS) is 21.6. The number of rotatable bonds is 10. The molecule has 190 valence electrons. The number of hydrogen-bond acceptors (Lipinski definition) is 5. The number of methoxy groups -OCH3 is 1. The van der Waals surface area contributed by atoms with Gasteiger partial charge in [-0.05, 0) is 77.5 Å². The Bertz CT molecular complexity index is 803. The zero-order chi connectivity index (χ0) is 24.5. The maximum Gasteiger partial charge on any atom is 0.328 e. The van der Waals surface area contributed by atoms with Gasteiger partial charge < -0.3 is 19.9 Å². The van der Waals surface area contributed by atoms with Crippen LogP contribution in [0, 0.1) is 0 Å². The number of esters is 1. The smallest absolute Gasteiger partial charge is 0.328 e. The summed E-state index contributed by atoms with van der Waals surface area (Å²) in [6.07, 6.45) is 11.9. The van der Waals surface area contributed by atoms with Crippen molar-refractivity contribution < 1.29 is 14.3 Å². The van der Waals surface area contributed by atoms with Gasteiger partial charge in [-0.25, -0.2) is 9.59 Å². The molecule has 7 nitrogen and oxygen atoms in total. The van der Waals surface area contributed by atoms with Crippen LogP contribution in [0.5, 0.6) is 0 Å². The molecule has 2 aliphatic rings. The van der Waals surface area contributed by atoms with E-state index in [1.165, 1.54) is 43.3 Å². The number of fused-ring (bicyclic) bond motifs is 1. The topological polar surface area (TPSA) is 74.8 Å².